The summed E-state index contributed by atoms with van der Waals surface area (Å²) in [4.78, 5) is 35.7. The number of amides is 2. The van der Waals surface area contributed by atoms with E-state index in [1.165, 1.54) is 31.2 Å². The van der Waals surface area contributed by atoms with Crippen LogP contribution in [0, 0.1) is 5.92 Å². The number of carbonyl (C=O) groups is 3. The number of anilines is 2. The summed E-state index contributed by atoms with van der Waals surface area (Å²) in [5.41, 5.74) is 1.60. The monoisotopic (exact) mass is 386 g/mol. The molecule has 0 aromatic heterocycles. The molecule has 0 bridgehead atoms. The van der Waals surface area contributed by atoms with Crippen LogP contribution in [0.25, 0.3) is 0 Å². The largest absolute Gasteiger partial charge is 0.322 e. The van der Waals surface area contributed by atoms with Crippen molar-refractivity contribution in [3.63, 3.8) is 0 Å². The number of carbonyl (C=O) groups excluding carboxylic acids is 3. The van der Waals surface area contributed by atoms with Gasteiger partial charge in [0.15, 0.2) is 5.78 Å². The van der Waals surface area contributed by atoms with Crippen molar-refractivity contribution in [2.75, 3.05) is 15.4 Å². The second-order valence-corrected chi connectivity index (χ2v) is 8.28. The van der Waals surface area contributed by atoms with Crippen LogP contribution in [-0.4, -0.2) is 31.8 Å². The van der Waals surface area contributed by atoms with E-state index in [1.54, 1.807) is 31.2 Å². The molecule has 7 nitrogen and oxygen atoms in total. The maximum absolute atomic E-state index is 12.3. The van der Waals surface area contributed by atoms with Gasteiger partial charge in [0, 0.05) is 16.8 Å². The van der Waals surface area contributed by atoms with E-state index >= 15 is 0 Å². The van der Waals surface area contributed by atoms with Gasteiger partial charge in [0.25, 0.3) is 5.91 Å². The highest BCUT2D eigenvalue weighted by atomic mass is 32.2. The van der Waals surface area contributed by atoms with Crippen LogP contribution in [0.1, 0.15) is 34.6 Å². The molecule has 140 valence electrons. The lowest BCUT2D eigenvalue weighted by Crippen LogP contribution is -2.30. The lowest BCUT2D eigenvalue weighted by atomic mass is 10.1. The van der Waals surface area contributed by atoms with Gasteiger partial charge in [-0.15, -0.1) is 0 Å². The number of hydrogen-bond donors (Lipinski definition) is 1. The lowest BCUT2D eigenvalue weighted by Gasteiger charge is -2.15. The average molecular weight is 386 g/mol. The second kappa shape index (κ2) is 6.96. The van der Waals surface area contributed by atoms with E-state index in [0.29, 0.717) is 16.8 Å². The van der Waals surface area contributed by atoms with Gasteiger partial charge in [-0.05, 0) is 55.5 Å². The van der Waals surface area contributed by atoms with Crippen molar-refractivity contribution in [3.8, 4) is 0 Å². The number of rotatable bonds is 4. The van der Waals surface area contributed by atoms with Crippen molar-refractivity contribution in [1.29, 1.82) is 0 Å². The van der Waals surface area contributed by atoms with Gasteiger partial charge in [0.1, 0.15) is 0 Å². The SMILES string of the molecule is CC(=O)c1ccc(NC(=O)c2ccc(N3C(=O)[C@H](C)CS3(=O)=O)cc2)cc1. The first-order valence-corrected chi connectivity index (χ1v) is 9.89. The maximum Gasteiger partial charge on any atom is 0.255 e. The van der Waals surface area contributed by atoms with Crippen LogP contribution >= 0.6 is 0 Å². The van der Waals surface area contributed by atoms with Gasteiger partial charge < -0.3 is 5.32 Å². The quantitative estimate of drug-likeness (QED) is 0.814. The van der Waals surface area contributed by atoms with Gasteiger partial charge >= 0.3 is 0 Å². The standard InChI is InChI=1S/C19H18N2O5S/c1-12-11-27(25,26)21(19(12)24)17-9-5-15(6-10-17)18(23)20-16-7-3-14(4-8-16)13(2)22/h3-10,12H,11H2,1-2H3,(H,20,23)/t12-/m1/s1. The molecule has 1 fully saturated rings. The number of nitrogens with one attached hydrogen (secondary N) is 1. The van der Waals surface area contributed by atoms with Crippen LogP contribution in [0.5, 0.6) is 0 Å². The molecule has 2 aromatic carbocycles. The molecule has 1 saturated heterocycles. The number of sulfonamides is 1. The Balaban J connectivity index is 1.76. The highest BCUT2D eigenvalue weighted by molar-refractivity contribution is 7.94. The minimum atomic E-state index is -3.68. The Bertz CT molecular complexity index is 1010. The minimum Gasteiger partial charge on any atom is -0.322 e. The highest BCUT2D eigenvalue weighted by Crippen LogP contribution is 2.28. The molecule has 0 spiro atoms. The van der Waals surface area contributed by atoms with Crippen LogP contribution in [-0.2, 0) is 14.8 Å². The smallest absolute Gasteiger partial charge is 0.255 e. The molecule has 1 N–H and O–H groups in total. The zero-order valence-electron chi connectivity index (χ0n) is 14.8. The first-order valence-electron chi connectivity index (χ1n) is 8.28. The predicted octanol–water partition coefficient (Wildman–Crippen LogP) is 2.45. The molecule has 0 saturated carbocycles. The summed E-state index contributed by atoms with van der Waals surface area (Å²) in [7, 11) is -3.68. The Morgan fingerprint density at radius 2 is 1.56 bits per heavy atom. The number of nitrogens with zero attached hydrogens (tertiary/aromatic N) is 1. The summed E-state index contributed by atoms with van der Waals surface area (Å²) in [5, 5.41) is 2.70. The van der Waals surface area contributed by atoms with E-state index in [-0.39, 0.29) is 23.1 Å². The van der Waals surface area contributed by atoms with Crippen LogP contribution < -0.4 is 9.62 Å². The van der Waals surface area contributed by atoms with Crippen molar-refractivity contribution in [1.82, 2.24) is 0 Å². The zero-order valence-corrected chi connectivity index (χ0v) is 15.6. The normalized spacial score (nSPS) is 18.4. The topological polar surface area (TPSA) is 101 Å². The number of benzene rings is 2. The first-order chi connectivity index (χ1) is 12.7. The van der Waals surface area contributed by atoms with Crippen molar-refractivity contribution < 1.29 is 22.8 Å². The predicted molar refractivity (Wildman–Crippen MR) is 101 cm³/mol. The fourth-order valence-electron chi connectivity index (χ4n) is 2.83. The van der Waals surface area contributed by atoms with E-state index in [0.717, 1.165) is 4.31 Å². The van der Waals surface area contributed by atoms with E-state index in [2.05, 4.69) is 5.32 Å². The van der Waals surface area contributed by atoms with Crippen molar-refractivity contribution in [2.45, 2.75) is 13.8 Å². The second-order valence-electron chi connectivity index (χ2n) is 6.42. The van der Waals surface area contributed by atoms with Crippen LogP contribution in [0.15, 0.2) is 48.5 Å². The zero-order chi connectivity index (χ0) is 19.8. The summed E-state index contributed by atoms with van der Waals surface area (Å²) >= 11 is 0. The number of Topliss-reactive ketones (excluding diaryl/α,β-unsaturated/α-hetero) is 1. The van der Waals surface area contributed by atoms with Crippen LogP contribution in [0.3, 0.4) is 0 Å². The fourth-order valence-corrected chi connectivity index (χ4v) is 4.65. The molecule has 0 aliphatic carbocycles. The summed E-state index contributed by atoms with van der Waals surface area (Å²) < 4.78 is 25.0. The van der Waals surface area contributed by atoms with Crippen molar-refractivity contribution >= 4 is 39.0 Å². The first kappa shape index (κ1) is 18.8. The molecule has 1 heterocycles. The molecular weight excluding hydrogens is 368 g/mol. The minimum absolute atomic E-state index is 0.0656. The highest BCUT2D eigenvalue weighted by Gasteiger charge is 2.41. The van der Waals surface area contributed by atoms with Crippen molar-refractivity contribution in [3.05, 3.63) is 59.7 Å². The summed E-state index contributed by atoms with van der Waals surface area (Å²) in [6, 6.07) is 12.3. The molecule has 0 radical (unpaired) electrons. The molecule has 0 unspecified atom stereocenters. The fraction of sp³-hybridized carbons (Fsp3) is 0.211. The molecule has 3 rings (SSSR count). The van der Waals surface area contributed by atoms with E-state index in [4.69, 9.17) is 0 Å². The molecule has 1 aliphatic rings. The van der Waals surface area contributed by atoms with Gasteiger partial charge in [-0.1, -0.05) is 6.92 Å². The summed E-state index contributed by atoms with van der Waals surface area (Å²) in [6.45, 7) is 3.03. The molecule has 1 aliphatic heterocycles. The summed E-state index contributed by atoms with van der Waals surface area (Å²) in [6.07, 6.45) is 0. The van der Waals surface area contributed by atoms with Gasteiger partial charge in [0.05, 0.1) is 17.4 Å². The molecule has 2 aromatic rings. The van der Waals surface area contributed by atoms with Gasteiger partial charge in [-0.2, -0.15) is 0 Å². The van der Waals surface area contributed by atoms with E-state index in [9.17, 15) is 22.8 Å². The van der Waals surface area contributed by atoms with E-state index < -0.39 is 21.8 Å². The Hall–Kier alpha value is -3.00. The van der Waals surface area contributed by atoms with E-state index in [1.807, 2.05) is 0 Å². The molecular formula is C19H18N2O5S. The van der Waals surface area contributed by atoms with Crippen LogP contribution in [0.2, 0.25) is 0 Å². The Labute approximate surface area is 157 Å². The lowest BCUT2D eigenvalue weighted by molar-refractivity contribution is -0.119. The van der Waals surface area contributed by atoms with Crippen molar-refractivity contribution in [2.24, 2.45) is 5.92 Å². The van der Waals surface area contributed by atoms with Gasteiger partial charge in [-0.25, -0.2) is 12.7 Å². The Kier molecular flexibility index (Phi) is 4.84. The number of hydrogen-bond acceptors (Lipinski definition) is 5. The third kappa shape index (κ3) is 3.75. The Morgan fingerprint density at radius 3 is 2.04 bits per heavy atom. The number of ketones is 1. The Morgan fingerprint density at radius 1 is 1.00 bits per heavy atom. The van der Waals surface area contributed by atoms with Gasteiger partial charge in [-0.3, -0.25) is 14.4 Å². The molecule has 1 atom stereocenters. The molecule has 27 heavy (non-hydrogen) atoms. The molecule has 2 amide bonds. The van der Waals surface area contributed by atoms with Gasteiger partial charge in [0.2, 0.25) is 15.9 Å². The third-order valence-electron chi connectivity index (χ3n) is 4.27. The molecule has 8 heteroatoms. The average Bonchev–Trinajstić information content (AvgIpc) is 2.82. The van der Waals surface area contributed by atoms with Crippen LogP contribution in [0.4, 0.5) is 11.4 Å². The third-order valence-corrected chi connectivity index (χ3v) is 6.14. The summed E-state index contributed by atoms with van der Waals surface area (Å²) in [5.74, 6) is -1.73. The maximum atomic E-state index is 12.3.